The minimum atomic E-state index is -0.140. The summed E-state index contributed by atoms with van der Waals surface area (Å²) >= 11 is 6.20. The lowest BCUT2D eigenvalue weighted by atomic mass is 9.97. The number of hydrogen-bond donors (Lipinski definition) is 1. The van der Waals surface area contributed by atoms with Crippen molar-refractivity contribution in [2.75, 3.05) is 23.3 Å². The van der Waals surface area contributed by atoms with Crippen LogP contribution in [0.1, 0.15) is 12.8 Å². The molecule has 1 aromatic heterocycles. The molecule has 0 aliphatic carbocycles. The molecule has 2 aromatic carbocycles. The highest BCUT2D eigenvalue weighted by molar-refractivity contribution is 6.32. The predicted molar refractivity (Wildman–Crippen MR) is 114 cm³/mol. The van der Waals surface area contributed by atoms with Gasteiger partial charge < -0.3 is 15.0 Å². The van der Waals surface area contributed by atoms with E-state index in [1.54, 1.807) is 30.7 Å². The fourth-order valence-electron chi connectivity index (χ4n) is 3.39. The normalized spacial score (nSPS) is 16.3. The third kappa shape index (κ3) is 4.66. The molecule has 4 rings (SSSR count). The minimum absolute atomic E-state index is 0.0335. The molecule has 6 nitrogen and oxygen atoms in total. The van der Waals surface area contributed by atoms with Crippen molar-refractivity contribution in [3.05, 3.63) is 72.1 Å². The summed E-state index contributed by atoms with van der Waals surface area (Å²) in [7, 11) is 0. The average Bonchev–Trinajstić information content (AvgIpc) is 2.77. The smallest absolute Gasteiger partial charge is 0.229 e. The highest BCUT2D eigenvalue weighted by Crippen LogP contribution is 2.34. The molecule has 148 valence electrons. The summed E-state index contributed by atoms with van der Waals surface area (Å²) in [5.74, 6) is 1.72. The lowest BCUT2D eigenvalue weighted by Crippen LogP contribution is -2.41. The summed E-state index contributed by atoms with van der Waals surface area (Å²) in [5.41, 5.74) is 0.619. The number of nitrogens with zero attached hydrogens (tertiary/aromatic N) is 3. The molecule has 0 saturated carbocycles. The number of carbonyl (C=O) groups is 1. The van der Waals surface area contributed by atoms with Crippen molar-refractivity contribution >= 4 is 29.0 Å². The zero-order valence-electron chi connectivity index (χ0n) is 15.8. The van der Waals surface area contributed by atoms with E-state index in [-0.39, 0.29) is 11.8 Å². The third-order valence-electron chi connectivity index (χ3n) is 4.87. The molecular weight excluding hydrogens is 388 g/mol. The molecule has 1 N–H and O–H groups in total. The molecule has 0 bridgehead atoms. The standard InChI is InChI=1S/C22H21ClN4O2/c23-17-7-1-3-9-19(17)29-20-10-4-2-8-18(20)26-22(28)16-6-5-13-27(15-16)21-14-24-11-12-25-21/h1-4,7-12,14,16H,5-6,13,15H2,(H,26,28)/t16-/m1/s1. The molecule has 1 saturated heterocycles. The van der Waals surface area contributed by atoms with Crippen LogP contribution in [0.15, 0.2) is 67.1 Å². The predicted octanol–water partition coefficient (Wildman–Crippen LogP) is 4.78. The van der Waals surface area contributed by atoms with E-state index >= 15 is 0 Å². The second-order valence-corrected chi connectivity index (χ2v) is 7.27. The van der Waals surface area contributed by atoms with E-state index in [2.05, 4.69) is 20.2 Å². The molecule has 7 heteroatoms. The van der Waals surface area contributed by atoms with Crippen LogP contribution in [0, 0.1) is 5.92 Å². The number of carbonyl (C=O) groups excluding carboxylic acids is 1. The van der Waals surface area contributed by atoms with E-state index in [1.165, 1.54) is 0 Å². The van der Waals surface area contributed by atoms with Gasteiger partial charge in [0.25, 0.3) is 0 Å². The summed E-state index contributed by atoms with van der Waals surface area (Å²) in [4.78, 5) is 23.5. The van der Waals surface area contributed by atoms with E-state index < -0.39 is 0 Å². The van der Waals surface area contributed by atoms with E-state index in [0.717, 1.165) is 25.2 Å². The van der Waals surface area contributed by atoms with Crippen molar-refractivity contribution < 1.29 is 9.53 Å². The van der Waals surface area contributed by atoms with Crippen molar-refractivity contribution in [3.8, 4) is 11.5 Å². The Bertz CT molecular complexity index is 983. The van der Waals surface area contributed by atoms with Crippen LogP contribution in [0.25, 0.3) is 0 Å². The number of para-hydroxylation sites is 3. The van der Waals surface area contributed by atoms with Gasteiger partial charge in [0.2, 0.25) is 5.91 Å². The first-order valence-corrected chi connectivity index (χ1v) is 9.92. The Hall–Kier alpha value is -3.12. The van der Waals surface area contributed by atoms with Gasteiger partial charge in [-0.3, -0.25) is 9.78 Å². The van der Waals surface area contributed by atoms with Gasteiger partial charge in [0, 0.05) is 25.5 Å². The second-order valence-electron chi connectivity index (χ2n) is 6.87. The SMILES string of the molecule is O=C(Nc1ccccc1Oc1ccccc1Cl)[C@@H]1CCCN(c2cnccn2)C1. The maximum absolute atomic E-state index is 13.0. The van der Waals surface area contributed by atoms with E-state index in [9.17, 15) is 4.79 Å². The van der Waals surface area contributed by atoms with Crippen LogP contribution < -0.4 is 15.0 Å². The van der Waals surface area contributed by atoms with Crippen molar-refractivity contribution in [3.63, 3.8) is 0 Å². The number of hydrogen-bond acceptors (Lipinski definition) is 5. The number of amides is 1. The summed E-state index contributed by atoms with van der Waals surface area (Å²) < 4.78 is 5.94. The van der Waals surface area contributed by atoms with Gasteiger partial charge in [0.05, 0.1) is 22.8 Å². The molecule has 0 radical (unpaired) electrons. The molecule has 1 fully saturated rings. The number of rotatable bonds is 5. The number of aromatic nitrogens is 2. The number of piperidine rings is 1. The molecule has 0 unspecified atom stereocenters. The molecule has 3 aromatic rings. The Labute approximate surface area is 174 Å². The van der Waals surface area contributed by atoms with Gasteiger partial charge in [-0.25, -0.2) is 4.98 Å². The van der Waals surface area contributed by atoms with E-state index in [4.69, 9.17) is 16.3 Å². The van der Waals surface area contributed by atoms with Crippen molar-refractivity contribution in [1.29, 1.82) is 0 Å². The first kappa shape index (κ1) is 19.2. The summed E-state index contributed by atoms with van der Waals surface area (Å²) in [6.45, 7) is 1.48. The molecule has 1 aliphatic rings. The van der Waals surface area contributed by atoms with Gasteiger partial charge in [-0.05, 0) is 37.1 Å². The van der Waals surface area contributed by atoms with Crippen LogP contribution in [0.4, 0.5) is 11.5 Å². The quantitative estimate of drug-likeness (QED) is 0.658. The molecule has 1 aliphatic heterocycles. The van der Waals surface area contributed by atoms with Crippen LogP contribution in [-0.2, 0) is 4.79 Å². The first-order chi connectivity index (χ1) is 14.2. The summed E-state index contributed by atoms with van der Waals surface area (Å²) in [6.07, 6.45) is 6.80. The maximum atomic E-state index is 13.0. The highest BCUT2D eigenvalue weighted by atomic mass is 35.5. The van der Waals surface area contributed by atoms with E-state index in [0.29, 0.717) is 28.8 Å². The number of nitrogens with one attached hydrogen (secondary N) is 1. The lowest BCUT2D eigenvalue weighted by molar-refractivity contribution is -0.120. The minimum Gasteiger partial charge on any atom is -0.454 e. The number of ether oxygens (including phenoxy) is 1. The Morgan fingerprint density at radius 2 is 1.90 bits per heavy atom. The molecule has 29 heavy (non-hydrogen) atoms. The largest absolute Gasteiger partial charge is 0.454 e. The number of benzene rings is 2. The fourth-order valence-corrected chi connectivity index (χ4v) is 3.57. The fraction of sp³-hybridized carbons (Fsp3) is 0.227. The summed E-state index contributed by atoms with van der Waals surface area (Å²) in [5, 5.41) is 3.54. The zero-order valence-corrected chi connectivity index (χ0v) is 16.5. The maximum Gasteiger partial charge on any atom is 0.229 e. The Morgan fingerprint density at radius 3 is 2.69 bits per heavy atom. The topological polar surface area (TPSA) is 67.3 Å². The Kier molecular flexibility index (Phi) is 5.91. The van der Waals surface area contributed by atoms with Gasteiger partial charge in [-0.2, -0.15) is 0 Å². The van der Waals surface area contributed by atoms with Crippen LogP contribution in [0.3, 0.4) is 0 Å². The van der Waals surface area contributed by atoms with Crippen LogP contribution in [0.2, 0.25) is 5.02 Å². The van der Waals surface area contributed by atoms with Crippen LogP contribution in [0.5, 0.6) is 11.5 Å². The highest BCUT2D eigenvalue weighted by Gasteiger charge is 2.27. The monoisotopic (exact) mass is 408 g/mol. The molecule has 1 atom stereocenters. The molecule has 0 spiro atoms. The molecule has 2 heterocycles. The number of halogens is 1. The van der Waals surface area contributed by atoms with Gasteiger partial charge in [-0.1, -0.05) is 35.9 Å². The number of anilines is 2. The van der Waals surface area contributed by atoms with Gasteiger partial charge >= 0.3 is 0 Å². The van der Waals surface area contributed by atoms with Crippen molar-refractivity contribution in [2.24, 2.45) is 5.92 Å². The van der Waals surface area contributed by atoms with Crippen LogP contribution in [-0.4, -0.2) is 29.0 Å². The van der Waals surface area contributed by atoms with E-state index in [1.807, 2.05) is 36.4 Å². The second kappa shape index (κ2) is 8.92. The zero-order chi connectivity index (χ0) is 20.1. The Balaban J connectivity index is 1.46. The Morgan fingerprint density at radius 1 is 1.10 bits per heavy atom. The first-order valence-electron chi connectivity index (χ1n) is 9.54. The molecule has 1 amide bonds. The van der Waals surface area contributed by atoms with Gasteiger partial charge in [-0.15, -0.1) is 0 Å². The van der Waals surface area contributed by atoms with Crippen molar-refractivity contribution in [1.82, 2.24) is 9.97 Å². The van der Waals surface area contributed by atoms with Gasteiger partial charge in [0.15, 0.2) is 5.75 Å². The van der Waals surface area contributed by atoms with Crippen molar-refractivity contribution in [2.45, 2.75) is 12.8 Å². The van der Waals surface area contributed by atoms with Gasteiger partial charge in [0.1, 0.15) is 11.6 Å². The third-order valence-corrected chi connectivity index (χ3v) is 5.18. The average molecular weight is 409 g/mol. The lowest BCUT2D eigenvalue weighted by Gasteiger charge is -2.32. The summed E-state index contributed by atoms with van der Waals surface area (Å²) in [6, 6.07) is 14.6. The van der Waals surface area contributed by atoms with Crippen LogP contribution >= 0.6 is 11.6 Å². The molecular formula is C22H21ClN4O2.